The first-order valence-corrected chi connectivity index (χ1v) is 10.5. The van der Waals surface area contributed by atoms with Crippen molar-refractivity contribution in [3.8, 4) is 0 Å². The Morgan fingerprint density at radius 1 is 1.04 bits per heavy atom. The highest BCUT2D eigenvalue weighted by Gasteiger charge is 2.30. The van der Waals surface area contributed by atoms with Crippen molar-refractivity contribution in [2.24, 2.45) is 0 Å². The Morgan fingerprint density at radius 2 is 1.85 bits per heavy atom. The molecule has 0 spiro atoms. The zero-order valence-corrected chi connectivity index (χ0v) is 16.6. The molecule has 1 atom stereocenters. The lowest BCUT2D eigenvalue weighted by molar-refractivity contribution is 0.109. The summed E-state index contributed by atoms with van der Waals surface area (Å²) in [5.41, 5.74) is 1.31. The summed E-state index contributed by atoms with van der Waals surface area (Å²) in [6.07, 6.45) is 0.930. The number of aryl methyl sites for hydroxylation is 2. The van der Waals surface area contributed by atoms with E-state index in [-0.39, 0.29) is 6.04 Å². The van der Waals surface area contributed by atoms with Crippen LogP contribution in [0, 0.1) is 0 Å². The van der Waals surface area contributed by atoms with Gasteiger partial charge in [0.15, 0.2) is 5.82 Å². The van der Waals surface area contributed by atoms with Crippen molar-refractivity contribution in [2.75, 3.05) is 32.7 Å². The van der Waals surface area contributed by atoms with Crippen molar-refractivity contribution < 1.29 is 0 Å². The fourth-order valence-electron chi connectivity index (χ4n) is 3.70. The minimum atomic E-state index is 0.134. The van der Waals surface area contributed by atoms with E-state index in [1.807, 2.05) is 4.68 Å². The van der Waals surface area contributed by atoms with E-state index in [0.717, 1.165) is 51.5 Å². The third-order valence-corrected chi connectivity index (χ3v) is 6.22. The van der Waals surface area contributed by atoms with E-state index in [0.29, 0.717) is 0 Å². The molecule has 1 fully saturated rings. The standard InChI is InChI=1S/C20H26N6S/c1-2-24-12-14-25(15-13-24)19(18-9-6-16-27-18)20-21-22-23-26(20)11-10-17-7-4-3-5-8-17/h3-9,16,19H,2,10-15H2,1H3. The lowest BCUT2D eigenvalue weighted by Crippen LogP contribution is -2.48. The summed E-state index contributed by atoms with van der Waals surface area (Å²) < 4.78 is 1.99. The highest BCUT2D eigenvalue weighted by atomic mass is 32.1. The van der Waals surface area contributed by atoms with Crippen molar-refractivity contribution in [1.29, 1.82) is 0 Å². The van der Waals surface area contributed by atoms with Crippen molar-refractivity contribution in [3.05, 3.63) is 64.1 Å². The fourth-order valence-corrected chi connectivity index (χ4v) is 4.56. The quantitative estimate of drug-likeness (QED) is 0.629. The SMILES string of the molecule is CCN1CCN(C(c2cccs2)c2nnnn2CCc2ccccc2)CC1. The number of benzene rings is 1. The van der Waals surface area contributed by atoms with Gasteiger partial charge in [-0.25, -0.2) is 4.68 Å². The third kappa shape index (κ3) is 4.26. The summed E-state index contributed by atoms with van der Waals surface area (Å²) in [5.74, 6) is 0.957. The molecule has 7 heteroatoms. The molecule has 0 bridgehead atoms. The summed E-state index contributed by atoms with van der Waals surface area (Å²) >= 11 is 1.79. The summed E-state index contributed by atoms with van der Waals surface area (Å²) in [4.78, 5) is 6.35. The number of hydrogen-bond donors (Lipinski definition) is 0. The van der Waals surface area contributed by atoms with Gasteiger partial charge in [-0.3, -0.25) is 4.90 Å². The van der Waals surface area contributed by atoms with Gasteiger partial charge in [-0.2, -0.15) is 0 Å². The zero-order valence-electron chi connectivity index (χ0n) is 15.7. The van der Waals surface area contributed by atoms with Gasteiger partial charge in [0, 0.05) is 37.6 Å². The number of nitrogens with zero attached hydrogens (tertiary/aromatic N) is 6. The van der Waals surface area contributed by atoms with E-state index >= 15 is 0 Å². The first-order valence-electron chi connectivity index (χ1n) is 9.65. The van der Waals surface area contributed by atoms with Crippen molar-refractivity contribution in [2.45, 2.75) is 25.9 Å². The molecule has 142 valence electrons. The highest BCUT2D eigenvalue weighted by molar-refractivity contribution is 7.10. The molecule has 0 saturated carbocycles. The van der Waals surface area contributed by atoms with Gasteiger partial charge in [-0.05, 0) is 40.4 Å². The Labute approximate surface area is 164 Å². The van der Waals surface area contributed by atoms with Crippen LogP contribution in [-0.2, 0) is 13.0 Å². The molecule has 3 aromatic rings. The maximum atomic E-state index is 4.45. The van der Waals surface area contributed by atoms with Crippen LogP contribution >= 0.6 is 11.3 Å². The van der Waals surface area contributed by atoms with Crippen LogP contribution in [0.1, 0.15) is 29.2 Å². The Morgan fingerprint density at radius 3 is 2.56 bits per heavy atom. The number of hydrogen-bond acceptors (Lipinski definition) is 6. The molecule has 27 heavy (non-hydrogen) atoms. The van der Waals surface area contributed by atoms with Crippen LogP contribution < -0.4 is 0 Å². The Bertz CT molecular complexity index is 808. The van der Waals surface area contributed by atoms with Crippen molar-refractivity contribution in [3.63, 3.8) is 0 Å². The number of piperazine rings is 1. The van der Waals surface area contributed by atoms with Gasteiger partial charge in [0.05, 0.1) is 0 Å². The second-order valence-corrected chi connectivity index (χ2v) is 7.86. The maximum Gasteiger partial charge on any atom is 0.173 e. The minimum absolute atomic E-state index is 0.134. The lowest BCUT2D eigenvalue weighted by Gasteiger charge is -2.38. The van der Waals surface area contributed by atoms with Gasteiger partial charge in [0.2, 0.25) is 0 Å². The van der Waals surface area contributed by atoms with Gasteiger partial charge in [0.1, 0.15) is 6.04 Å². The summed E-state index contributed by atoms with van der Waals surface area (Å²) in [6, 6.07) is 15.0. The second kappa shape index (κ2) is 8.73. The molecule has 1 saturated heterocycles. The van der Waals surface area contributed by atoms with E-state index in [1.165, 1.54) is 10.4 Å². The Hall–Kier alpha value is -2.09. The van der Waals surface area contributed by atoms with E-state index in [4.69, 9.17) is 0 Å². The Kier molecular flexibility index (Phi) is 5.91. The van der Waals surface area contributed by atoms with E-state index in [1.54, 1.807) is 11.3 Å². The van der Waals surface area contributed by atoms with Gasteiger partial charge in [-0.1, -0.05) is 43.3 Å². The smallest absolute Gasteiger partial charge is 0.173 e. The number of tetrazole rings is 1. The Balaban J connectivity index is 1.55. The molecule has 1 aliphatic rings. The lowest BCUT2D eigenvalue weighted by atomic mass is 10.1. The van der Waals surface area contributed by atoms with Crippen LogP contribution in [-0.4, -0.2) is 62.7 Å². The zero-order chi connectivity index (χ0) is 18.5. The summed E-state index contributed by atoms with van der Waals surface area (Å²) in [6.45, 7) is 8.43. The van der Waals surface area contributed by atoms with Crippen LogP contribution in [0.2, 0.25) is 0 Å². The molecule has 4 rings (SSSR count). The molecular weight excluding hydrogens is 356 g/mol. The third-order valence-electron chi connectivity index (χ3n) is 5.29. The number of likely N-dealkylation sites (N-methyl/N-ethyl adjacent to an activating group) is 1. The van der Waals surface area contributed by atoms with Gasteiger partial charge in [0.25, 0.3) is 0 Å². The second-order valence-electron chi connectivity index (χ2n) is 6.88. The maximum absolute atomic E-state index is 4.45. The number of rotatable bonds is 7. The first kappa shape index (κ1) is 18.3. The molecule has 0 radical (unpaired) electrons. The monoisotopic (exact) mass is 382 g/mol. The van der Waals surface area contributed by atoms with Crippen LogP contribution in [0.25, 0.3) is 0 Å². The summed E-state index contributed by atoms with van der Waals surface area (Å²) in [5, 5.41) is 14.9. The van der Waals surface area contributed by atoms with Crippen molar-refractivity contribution >= 4 is 11.3 Å². The van der Waals surface area contributed by atoms with Crippen molar-refractivity contribution in [1.82, 2.24) is 30.0 Å². The van der Waals surface area contributed by atoms with Crippen LogP contribution in [0.4, 0.5) is 0 Å². The molecule has 0 amide bonds. The van der Waals surface area contributed by atoms with Crippen LogP contribution in [0.3, 0.4) is 0 Å². The van der Waals surface area contributed by atoms with E-state index in [2.05, 4.69) is 80.1 Å². The molecule has 1 aromatic carbocycles. The number of aromatic nitrogens is 4. The van der Waals surface area contributed by atoms with Gasteiger partial charge >= 0.3 is 0 Å². The number of thiophene rings is 1. The minimum Gasteiger partial charge on any atom is -0.301 e. The van der Waals surface area contributed by atoms with E-state index < -0.39 is 0 Å². The molecule has 1 aliphatic heterocycles. The molecule has 0 aliphatic carbocycles. The molecular formula is C20H26N6S. The average Bonchev–Trinajstić information content (AvgIpc) is 3.41. The molecule has 2 aromatic heterocycles. The topological polar surface area (TPSA) is 50.1 Å². The molecule has 6 nitrogen and oxygen atoms in total. The summed E-state index contributed by atoms with van der Waals surface area (Å²) in [7, 11) is 0. The highest BCUT2D eigenvalue weighted by Crippen LogP contribution is 2.31. The van der Waals surface area contributed by atoms with Crippen LogP contribution in [0.5, 0.6) is 0 Å². The van der Waals surface area contributed by atoms with Gasteiger partial charge in [-0.15, -0.1) is 16.4 Å². The molecule has 3 heterocycles. The molecule has 0 N–H and O–H groups in total. The first-order chi connectivity index (χ1) is 13.3. The normalized spacial score (nSPS) is 17.2. The van der Waals surface area contributed by atoms with Crippen LogP contribution in [0.15, 0.2) is 47.8 Å². The fraction of sp³-hybridized carbons (Fsp3) is 0.450. The predicted octanol–water partition coefficient (Wildman–Crippen LogP) is 2.70. The predicted molar refractivity (Wildman–Crippen MR) is 108 cm³/mol. The largest absolute Gasteiger partial charge is 0.301 e. The van der Waals surface area contributed by atoms with E-state index in [9.17, 15) is 0 Å². The average molecular weight is 383 g/mol. The molecule has 1 unspecified atom stereocenters. The van der Waals surface area contributed by atoms with Gasteiger partial charge < -0.3 is 4.90 Å².